The molecule has 1 aromatic rings. The van der Waals surface area contributed by atoms with Gasteiger partial charge in [0.1, 0.15) is 0 Å². The van der Waals surface area contributed by atoms with E-state index in [9.17, 15) is 8.78 Å². The summed E-state index contributed by atoms with van der Waals surface area (Å²) in [6.07, 6.45) is 0. The number of aryl methyl sites for hydroxylation is 1. The lowest BCUT2D eigenvalue weighted by Gasteiger charge is -2.16. The van der Waals surface area contributed by atoms with E-state index in [1.165, 1.54) is 6.07 Å². The minimum atomic E-state index is -2.90. The van der Waals surface area contributed by atoms with Gasteiger partial charge in [-0.25, -0.2) is 0 Å². The van der Waals surface area contributed by atoms with Gasteiger partial charge >= 0.3 is 0 Å². The maximum Gasteiger partial charge on any atom is 0.285 e. The Kier molecular flexibility index (Phi) is 2.43. The molecule has 1 aromatic carbocycles. The highest BCUT2D eigenvalue weighted by molar-refractivity contribution is 5.29. The van der Waals surface area contributed by atoms with Crippen LogP contribution in [0.25, 0.3) is 0 Å². The first kappa shape index (κ1) is 9.13. The Hall–Kier alpha value is -0.960. The fraction of sp³-hybridized carbons (Fsp3) is 0.333. The topological polar surface area (TPSA) is 26.0 Å². The van der Waals surface area contributed by atoms with Crippen molar-refractivity contribution in [3.05, 3.63) is 35.4 Å². The summed E-state index contributed by atoms with van der Waals surface area (Å²) >= 11 is 0. The Morgan fingerprint density at radius 3 is 2.42 bits per heavy atom. The van der Waals surface area contributed by atoms with Gasteiger partial charge in [-0.05, 0) is 12.5 Å². The highest BCUT2D eigenvalue weighted by Crippen LogP contribution is 2.28. The smallest absolute Gasteiger partial charge is 0.285 e. The molecule has 0 atom stereocenters. The van der Waals surface area contributed by atoms with Gasteiger partial charge in [0.15, 0.2) is 0 Å². The second kappa shape index (κ2) is 3.19. The van der Waals surface area contributed by atoms with Gasteiger partial charge in [-0.1, -0.05) is 24.3 Å². The highest BCUT2D eigenvalue weighted by atomic mass is 19.3. The van der Waals surface area contributed by atoms with Crippen molar-refractivity contribution < 1.29 is 8.78 Å². The van der Waals surface area contributed by atoms with Crippen molar-refractivity contribution in [1.82, 2.24) is 0 Å². The first-order valence-electron chi connectivity index (χ1n) is 3.72. The van der Waals surface area contributed by atoms with E-state index in [-0.39, 0.29) is 5.56 Å². The number of benzene rings is 1. The highest BCUT2D eigenvalue weighted by Gasteiger charge is 2.30. The van der Waals surface area contributed by atoms with E-state index in [0.29, 0.717) is 5.56 Å². The van der Waals surface area contributed by atoms with Gasteiger partial charge in [0.25, 0.3) is 5.92 Å². The summed E-state index contributed by atoms with van der Waals surface area (Å²) in [5, 5.41) is 0. The standard InChI is InChI=1S/C9H11F2N/c1-7-4-2-3-5-8(7)9(10,11)6-12/h2-5H,6,12H2,1H3. The Morgan fingerprint density at radius 1 is 1.33 bits per heavy atom. The van der Waals surface area contributed by atoms with Gasteiger partial charge in [0.2, 0.25) is 0 Å². The minimum Gasteiger partial charge on any atom is -0.325 e. The summed E-state index contributed by atoms with van der Waals surface area (Å²) in [5.41, 5.74) is 5.55. The molecule has 0 bridgehead atoms. The zero-order valence-corrected chi connectivity index (χ0v) is 6.85. The number of rotatable bonds is 2. The molecule has 0 spiro atoms. The molecule has 0 aliphatic carbocycles. The van der Waals surface area contributed by atoms with E-state index < -0.39 is 12.5 Å². The van der Waals surface area contributed by atoms with Crippen LogP contribution in [-0.4, -0.2) is 6.54 Å². The molecule has 0 amide bonds. The Labute approximate surface area is 70.2 Å². The van der Waals surface area contributed by atoms with Crippen LogP contribution in [0.1, 0.15) is 11.1 Å². The van der Waals surface area contributed by atoms with E-state index >= 15 is 0 Å². The van der Waals surface area contributed by atoms with Gasteiger partial charge in [-0.2, -0.15) is 8.78 Å². The van der Waals surface area contributed by atoms with Gasteiger partial charge in [0.05, 0.1) is 6.54 Å². The number of hydrogen-bond donors (Lipinski definition) is 1. The Bertz CT molecular complexity index is 271. The quantitative estimate of drug-likeness (QED) is 0.724. The zero-order chi connectivity index (χ0) is 9.19. The maximum absolute atomic E-state index is 13.0. The SMILES string of the molecule is Cc1ccccc1C(F)(F)CN. The molecule has 0 saturated carbocycles. The molecule has 0 radical (unpaired) electrons. The number of nitrogens with two attached hydrogens (primary N) is 1. The molecule has 1 nitrogen and oxygen atoms in total. The molecule has 1 rings (SSSR count). The lowest BCUT2D eigenvalue weighted by atomic mass is 10.0. The summed E-state index contributed by atoms with van der Waals surface area (Å²) < 4.78 is 26.0. The minimum absolute atomic E-state index is 0.0208. The van der Waals surface area contributed by atoms with Crippen LogP contribution in [0, 0.1) is 6.92 Å². The van der Waals surface area contributed by atoms with E-state index in [0.717, 1.165) is 0 Å². The third kappa shape index (κ3) is 1.61. The molecule has 0 unspecified atom stereocenters. The third-order valence-corrected chi connectivity index (χ3v) is 1.80. The van der Waals surface area contributed by atoms with Crippen LogP contribution >= 0.6 is 0 Å². The summed E-state index contributed by atoms with van der Waals surface area (Å²) in [5.74, 6) is -2.90. The van der Waals surface area contributed by atoms with Gasteiger partial charge in [0, 0.05) is 5.56 Å². The molecular formula is C9H11F2N. The molecule has 0 heterocycles. The summed E-state index contributed by atoms with van der Waals surface area (Å²) in [6.45, 7) is 1.01. The molecule has 0 saturated heterocycles. The van der Waals surface area contributed by atoms with Crippen molar-refractivity contribution in [2.75, 3.05) is 6.54 Å². The van der Waals surface area contributed by atoms with E-state index in [1.807, 2.05) is 0 Å². The van der Waals surface area contributed by atoms with Gasteiger partial charge < -0.3 is 5.73 Å². The van der Waals surface area contributed by atoms with Crippen LogP contribution in [0.15, 0.2) is 24.3 Å². The van der Waals surface area contributed by atoms with Crippen molar-refractivity contribution in [1.29, 1.82) is 0 Å². The Morgan fingerprint density at radius 2 is 1.92 bits per heavy atom. The van der Waals surface area contributed by atoms with Crippen molar-refractivity contribution in [2.24, 2.45) is 5.73 Å². The van der Waals surface area contributed by atoms with E-state index in [2.05, 4.69) is 0 Å². The monoisotopic (exact) mass is 171 g/mol. The number of alkyl halides is 2. The molecule has 3 heteroatoms. The number of halogens is 2. The second-order valence-corrected chi connectivity index (χ2v) is 2.72. The lowest BCUT2D eigenvalue weighted by molar-refractivity contribution is 0.00533. The first-order valence-corrected chi connectivity index (χ1v) is 3.72. The predicted octanol–water partition coefficient (Wildman–Crippen LogP) is 2.05. The molecule has 2 N–H and O–H groups in total. The molecule has 0 aliphatic heterocycles. The fourth-order valence-corrected chi connectivity index (χ4v) is 1.09. The van der Waals surface area contributed by atoms with Crippen LogP contribution < -0.4 is 5.73 Å². The molecule has 0 fully saturated rings. The molecule has 0 aromatic heterocycles. The average Bonchev–Trinajstić information content (AvgIpc) is 2.05. The predicted molar refractivity (Wildman–Crippen MR) is 44.1 cm³/mol. The van der Waals surface area contributed by atoms with Crippen molar-refractivity contribution in [3.8, 4) is 0 Å². The molecule has 0 aliphatic rings. The molecule has 66 valence electrons. The average molecular weight is 171 g/mol. The Balaban J connectivity index is 3.10. The van der Waals surface area contributed by atoms with E-state index in [1.54, 1.807) is 25.1 Å². The number of hydrogen-bond acceptors (Lipinski definition) is 1. The van der Waals surface area contributed by atoms with Crippen LogP contribution in [0.4, 0.5) is 8.78 Å². The zero-order valence-electron chi connectivity index (χ0n) is 6.85. The molecular weight excluding hydrogens is 160 g/mol. The van der Waals surface area contributed by atoms with Crippen LogP contribution in [0.5, 0.6) is 0 Å². The summed E-state index contributed by atoms with van der Waals surface area (Å²) in [6, 6.07) is 6.37. The van der Waals surface area contributed by atoms with E-state index in [4.69, 9.17) is 5.73 Å². The van der Waals surface area contributed by atoms with Crippen molar-refractivity contribution in [3.63, 3.8) is 0 Å². The summed E-state index contributed by atoms with van der Waals surface area (Å²) in [4.78, 5) is 0. The maximum atomic E-state index is 13.0. The largest absolute Gasteiger partial charge is 0.325 e. The third-order valence-electron chi connectivity index (χ3n) is 1.80. The second-order valence-electron chi connectivity index (χ2n) is 2.72. The van der Waals surface area contributed by atoms with Gasteiger partial charge in [-0.3, -0.25) is 0 Å². The van der Waals surface area contributed by atoms with Crippen LogP contribution in [-0.2, 0) is 5.92 Å². The fourth-order valence-electron chi connectivity index (χ4n) is 1.09. The first-order chi connectivity index (χ1) is 5.58. The van der Waals surface area contributed by atoms with Crippen LogP contribution in [0.3, 0.4) is 0 Å². The molecule has 12 heavy (non-hydrogen) atoms. The van der Waals surface area contributed by atoms with Crippen molar-refractivity contribution in [2.45, 2.75) is 12.8 Å². The lowest BCUT2D eigenvalue weighted by Crippen LogP contribution is -2.25. The van der Waals surface area contributed by atoms with Crippen molar-refractivity contribution >= 4 is 0 Å². The normalized spacial score (nSPS) is 11.7. The van der Waals surface area contributed by atoms with Gasteiger partial charge in [-0.15, -0.1) is 0 Å². The summed E-state index contributed by atoms with van der Waals surface area (Å²) in [7, 11) is 0. The van der Waals surface area contributed by atoms with Crippen LogP contribution in [0.2, 0.25) is 0 Å².